The van der Waals surface area contributed by atoms with Gasteiger partial charge in [-0.3, -0.25) is 0 Å². The van der Waals surface area contributed by atoms with E-state index in [1.807, 2.05) is 6.07 Å². The molecule has 0 radical (unpaired) electrons. The first-order chi connectivity index (χ1) is 5.27. The van der Waals surface area contributed by atoms with Crippen molar-refractivity contribution in [3.63, 3.8) is 0 Å². The lowest BCUT2D eigenvalue weighted by molar-refractivity contribution is 1.22. The summed E-state index contributed by atoms with van der Waals surface area (Å²) in [5.41, 5.74) is 1.07. The van der Waals surface area contributed by atoms with Gasteiger partial charge < -0.3 is 0 Å². The number of alkyl halides is 1. The van der Waals surface area contributed by atoms with Crippen molar-refractivity contribution in [2.45, 2.75) is 5.88 Å². The van der Waals surface area contributed by atoms with Gasteiger partial charge in [0.25, 0.3) is 0 Å². The van der Waals surface area contributed by atoms with Crippen LogP contribution in [0, 0.1) is 11.3 Å². The van der Waals surface area contributed by atoms with Gasteiger partial charge in [-0.1, -0.05) is 11.6 Å². The number of hydrogen-bond acceptors (Lipinski definition) is 2. The molecule has 0 unspecified atom stereocenters. The number of nitriles is 1. The summed E-state index contributed by atoms with van der Waals surface area (Å²) >= 11 is 11.2. The third kappa shape index (κ3) is 1.83. The van der Waals surface area contributed by atoms with Crippen molar-refractivity contribution < 1.29 is 0 Å². The smallest absolute Gasteiger partial charge is 0.140 e. The van der Waals surface area contributed by atoms with E-state index < -0.39 is 0 Å². The number of hydrogen-bond donors (Lipinski definition) is 0. The van der Waals surface area contributed by atoms with Crippen LogP contribution in [0.2, 0.25) is 5.02 Å². The Hall–Kier alpha value is -0.780. The molecule has 0 atom stereocenters. The predicted octanol–water partition coefficient (Wildman–Crippen LogP) is 2.35. The van der Waals surface area contributed by atoms with Crippen LogP contribution in [0.1, 0.15) is 11.3 Å². The second-order valence-corrected chi connectivity index (χ2v) is 2.58. The molecule has 0 spiro atoms. The van der Waals surface area contributed by atoms with E-state index in [1.165, 1.54) is 6.20 Å². The van der Waals surface area contributed by atoms with E-state index in [0.29, 0.717) is 16.6 Å². The number of halogens is 2. The van der Waals surface area contributed by atoms with Crippen molar-refractivity contribution in [3.05, 3.63) is 28.5 Å². The number of aromatic nitrogens is 1. The maximum Gasteiger partial charge on any atom is 0.140 e. The van der Waals surface area contributed by atoms with Gasteiger partial charge in [0.1, 0.15) is 11.8 Å². The molecular formula is C7H4Cl2N2. The summed E-state index contributed by atoms with van der Waals surface area (Å²) in [6, 6.07) is 3.48. The molecule has 2 nitrogen and oxygen atoms in total. The molecule has 0 saturated carbocycles. The van der Waals surface area contributed by atoms with Crippen LogP contribution in [-0.4, -0.2) is 4.98 Å². The highest BCUT2D eigenvalue weighted by molar-refractivity contribution is 6.32. The first-order valence-corrected chi connectivity index (χ1v) is 3.79. The summed E-state index contributed by atoms with van der Waals surface area (Å²) in [7, 11) is 0. The first kappa shape index (κ1) is 8.32. The molecular weight excluding hydrogens is 183 g/mol. The molecule has 0 bridgehead atoms. The molecule has 4 heteroatoms. The van der Waals surface area contributed by atoms with Gasteiger partial charge in [-0.05, 0) is 11.6 Å². The van der Waals surface area contributed by atoms with Crippen LogP contribution in [0.4, 0.5) is 0 Å². The van der Waals surface area contributed by atoms with Crippen molar-refractivity contribution in [2.75, 3.05) is 0 Å². The van der Waals surface area contributed by atoms with Crippen LogP contribution in [0.5, 0.6) is 0 Å². The van der Waals surface area contributed by atoms with Crippen molar-refractivity contribution in [1.82, 2.24) is 4.98 Å². The van der Waals surface area contributed by atoms with E-state index >= 15 is 0 Å². The fraction of sp³-hybridized carbons (Fsp3) is 0.143. The quantitative estimate of drug-likeness (QED) is 0.632. The molecule has 1 rings (SSSR count). The van der Waals surface area contributed by atoms with Crippen LogP contribution in [0.15, 0.2) is 12.3 Å². The second kappa shape index (κ2) is 3.56. The summed E-state index contributed by atoms with van der Waals surface area (Å²) in [6.07, 6.45) is 1.43. The highest BCUT2D eigenvalue weighted by Gasteiger charge is 2.00. The Morgan fingerprint density at radius 3 is 2.91 bits per heavy atom. The number of nitrogens with zero attached hydrogens (tertiary/aromatic N) is 2. The minimum Gasteiger partial charge on any atom is -0.244 e. The average molecular weight is 187 g/mol. The number of rotatable bonds is 1. The van der Waals surface area contributed by atoms with Gasteiger partial charge in [0.15, 0.2) is 0 Å². The average Bonchev–Trinajstić information content (AvgIpc) is 2.05. The van der Waals surface area contributed by atoms with Crippen LogP contribution < -0.4 is 0 Å². The SMILES string of the molecule is N#Cc1cc(CCl)c(Cl)cn1. The van der Waals surface area contributed by atoms with E-state index in [9.17, 15) is 0 Å². The lowest BCUT2D eigenvalue weighted by atomic mass is 10.2. The standard InChI is InChI=1S/C7H4Cl2N2/c8-2-5-1-6(3-10)11-4-7(5)9/h1,4H,2H2. The highest BCUT2D eigenvalue weighted by atomic mass is 35.5. The van der Waals surface area contributed by atoms with Gasteiger partial charge >= 0.3 is 0 Å². The summed E-state index contributed by atoms with van der Waals surface area (Å²) in [4.78, 5) is 3.75. The summed E-state index contributed by atoms with van der Waals surface area (Å²) in [5, 5.41) is 8.95. The van der Waals surface area contributed by atoms with Crippen LogP contribution in [0.3, 0.4) is 0 Å². The second-order valence-electron chi connectivity index (χ2n) is 1.91. The van der Waals surface area contributed by atoms with Crippen molar-refractivity contribution >= 4 is 23.2 Å². The van der Waals surface area contributed by atoms with Gasteiger partial charge in [-0.25, -0.2) is 4.98 Å². The Bertz CT molecular complexity index is 304. The molecule has 0 aromatic carbocycles. The molecule has 0 aliphatic rings. The Morgan fingerprint density at radius 1 is 1.64 bits per heavy atom. The lowest BCUT2D eigenvalue weighted by Gasteiger charge is -1.97. The fourth-order valence-electron chi connectivity index (χ4n) is 0.644. The Labute approximate surface area is 74.4 Å². The third-order valence-corrected chi connectivity index (χ3v) is 1.82. The van der Waals surface area contributed by atoms with E-state index in [-0.39, 0.29) is 0 Å². The molecule has 0 amide bonds. The molecule has 0 aliphatic heterocycles. The van der Waals surface area contributed by atoms with Gasteiger partial charge in [0.2, 0.25) is 0 Å². The van der Waals surface area contributed by atoms with Gasteiger partial charge in [-0.15, -0.1) is 11.6 Å². The minimum atomic E-state index is 0.302. The lowest BCUT2D eigenvalue weighted by Crippen LogP contribution is -1.86. The molecule has 1 heterocycles. The van der Waals surface area contributed by atoms with Crippen LogP contribution in [0.25, 0.3) is 0 Å². The Morgan fingerprint density at radius 2 is 2.36 bits per heavy atom. The topological polar surface area (TPSA) is 36.7 Å². The van der Waals surface area contributed by atoms with Crippen LogP contribution >= 0.6 is 23.2 Å². The van der Waals surface area contributed by atoms with Crippen molar-refractivity contribution in [1.29, 1.82) is 5.26 Å². The Balaban J connectivity index is 3.15. The largest absolute Gasteiger partial charge is 0.244 e. The predicted molar refractivity (Wildman–Crippen MR) is 43.5 cm³/mol. The van der Waals surface area contributed by atoms with Gasteiger partial charge in [-0.2, -0.15) is 5.26 Å². The summed E-state index contributed by atoms with van der Waals surface area (Å²) in [5.74, 6) is 0.302. The molecule has 1 aromatic rings. The van der Waals surface area contributed by atoms with E-state index in [2.05, 4.69) is 4.98 Å². The zero-order chi connectivity index (χ0) is 8.27. The van der Waals surface area contributed by atoms with Crippen molar-refractivity contribution in [2.24, 2.45) is 0 Å². The van der Waals surface area contributed by atoms with E-state index in [1.54, 1.807) is 6.07 Å². The minimum absolute atomic E-state index is 0.302. The third-order valence-electron chi connectivity index (χ3n) is 1.19. The molecule has 0 N–H and O–H groups in total. The Kier molecular flexibility index (Phi) is 2.70. The normalized spacial score (nSPS) is 9.18. The monoisotopic (exact) mass is 186 g/mol. The zero-order valence-electron chi connectivity index (χ0n) is 5.51. The van der Waals surface area contributed by atoms with Gasteiger partial charge in [0.05, 0.1) is 5.02 Å². The molecule has 1 aromatic heterocycles. The highest BCUT2D eigenvalue weighted by Crippen LogP contribution is 2.16. The van der Waals surface area contributed by atoms with Crippen LogP contribution in [-0.2, 0) is 5.88 Å². The molecule has 0 fully saturated rings. The summed E-state index contributed by atoms with van der Waals surface area (Å²) < 4.78 is 0. The summed E-state index contributed by atoms with van der Waals surface area (Å²) in [6.45, 7) is 0. The molecule has 0 saturated heterocycles. The van der Waals surface area contributed by atoms with E-state index in [0.717, 1.165) is 5.56 Å². The molecule has 11 heavy (non-hydrogen) atoms. The van der Waals surface area contributed by atoms with Gasteiger partial charge in [0, 0.05) is 12.1 Å². The van der Waals surface area contributed by atoms with E-state index in [4.69, 9.17) is 28.5 Å². The zero-order valence-corrected chi connectivity index (χ0v) is 7.02. The fourth-order valence-corrected chi connectivity index (χ4v) is 1.10. The molecule has 56 valence electrons. The van der Waals surface area contributed by atoms with Crippen molar-refractivity contribution in [3.8, 4) is 6.07 Å². The maximum atomic E-state index is 8.45. The number of pyridine rings is 1. The molecule has 0 aliphatic carbocycles. The first-order valence-electron chi connectivity index (χ1n) is 2.88. The maximum absolute atomic E-state index is 8.45.